The molecule has 0 heterocycles. The molecule has 1 N–H and O–H groups in total. The van der Waals surface area contributed by atoms with Crippen molar-refractivity contribution in [3.05, 3.63) is 0 Å². The molecule has 0 aromatic rings. The molecule has 0 spiro atoms. The lowest BCUT2D eigenvalue weighted by molar-refractivity contribution is 0.838. The molecule has 0 aliphatic carbocycles. The highest BCUT2D eigenvalue weighted by molar-refractivity contribution is 6.28. The van der Waals surface area contributed by atoms with Crippen LogP contribution in [0.4, 0.5) is 0 Å². The summed E-state index contributed by atoms with van der Waals surface area (Å²) < 4.78 is 0. The fourth-order valence-electron chi connectivity index (χ4n) is 0.445. The Morgan fingerprint density at radius 3 is 2.25 bits per heavy atom. The highest BCUT2D eigenvalue weighted by atomic mass is 14.8. The molecule has 0 aliphatic heterocycles. The van der Waals surface area contributed by atoms with Crippen molar-refractivity contribution in [2.45, 2.75) is 26.8 Å². The van der Waals surface area contributed by atoms with E-state index in [4.69, 9.17) is 5.41 Å². The van der Waals surface area contributed by atoms with Gasteiger partial charge in [-0.25, -0.2) is 0 Å². The van der Waals surface area contributed by atoms with Crippen molar-refractivity contribution in [3.63, 3.8) is 0 Å². The molecule has 2 heteroatoms. The molecule has 46 valence electrons. The summed E-state index contributed by atoms with van der Waals surface area (Å²) in [5, 5.41) is 6.75. The third kappa shape index (κ3) is 3.53. The average molecular weight is 112 g/mol. The Labute approximate surface area is 50.1 Å². The number of hydrogen-bond donors (Lipinski definition) is 1. The first kappa shape index (κ1) is 7.34. The normalized spacial score (nSPS) is 12.2. The number of rotatable bonds is 2. The van der Waals surface area contributed by atoms with E-state index in [1.54, 1.807) is 0 Å². The lowest BCUT2D eigenvalue weighted by Crippen LogP contribution is -1.97. The van der Waals surface area contributed by atoms with E-state index >= 15 is 0 Å². The van der Waals surface area contributed by atoms with E-state index in [1.165, 1.54) is 6.21 Å². The van der Waals surface area contributed by atoms with Crippen molar-refractivity contribution in [2.24, 2.45) is 4.99 Å². The zero-order chi connectivity index (χ0) is 6.57. The van der Waals surface area contributed by atoms with Crippen LogP contribution in [0.2, 0.25) is 0 Å². The summed E-state index contributed by atoms with van der Waals surface area (Å²) in [6, 6.07) is 0.316. The zero-order valence-corrected chi connectivity index (χ0v) is 5.60. The summed E-state index contributed by atoms with van der Waals surface area (Å²) in [7, 11) is 0. The van der Waals surface area contributed by atoms with Gasteiger partial charge in [0.15, 0.2) is 0 Å². The SMILES string of the molecule is C/C(C=N)=N/C(C)C. The van der Waals surface area contributed by atoms with Gasteiger partial charge in [0, 0.05) is 18.0 Å². The summed E-state index contributed by atoms with van der Waals surface area (Å²) in [6.07, 6.45) is 1.26. The van der Waals surface area contributed by atoms with Crippen LogP contribution in [0.1, 0.15) is 20.8 Å². The number of aliphatic imine (C=N–C) groups is 1. The van der Waals surface area contributed by atoms with Gasteiger partial charge in [-0.2, -0.15) is 0 Å². The second-order valence-electron chi connectivity index (χ2n) is 2.01. The molecule has 0 unspecified atom stereocenters. The molecular formula is C6H12N2. The molecule has 0 aromatic carbocycles. The van der Waals surface area contributed by atoms with Crippen molar-refractivity contribution in [2.75, 3.05) is 0 Å². The molecule has 0 aromatic heterocycles. The van der Waals surface area contributed by atoms with Crippen molar-refractivity contribution >= 4 is 11.9 Å². The number of nitrogens with zero attached hydrogens (tertiary/aromatic N) is 1. The molecular weight excluding hydrogens is 100 g/mol. The molecule has 2 nitrogen and oxygen atoms in total. The minimum Gasteiger partial charge on any atom is -0.307 e. The average Bonchev–Trinajstić information content (AvgIpc) is 1.65. The van der Waals surface area contributed by atoms with Crippen LogP contribution in [-0.2, 0) is 0 Å². The monoisotopic (exact) mass is 112 g/mol. The Bertz CT molecular complexity index is 103. The van der Waals surface area contributed by atoms with Crippen LogP contribution in [0, 0.1) is 5.41 Å². The minimum absolute atomic E-state index is 0.316. The summed E-state index contributed by atoms with van der Waals surface area (Å²) in [5.74, 6) is 0. The first-order valence-electron chi connectivity index (χ1n) is 2.71. The molecule has 0 saturated heterocycles. The van der Waals surface area contributed by atoms with E-state index in [1.807, 2.05) is 20.8 Å². The smallest absolute Gasteiger partial charge is 0.0495 e. The highest BCUT2D eigenvalue weighted by Gasteiger charge is 1.85. The number of hydrogen-bond acceptors (Lipinski definition) is 2. The van der Waals surface area contributed by atoms with Crippen LogP contribution in [0.3, 0.4) is 0 Å². The molecule has 0 amide bonds. The largest absolute Gasteiger partial charge is 0.307 e. The standard InChI is InChI=1S/C6H12N2/c1-5(2)8-6(3)4-7/h4-5,7H,1-3H3/b7-4?,8-6-. The van der Waals surface area contributed by atoms with Gasteiger partial charge in [-0.05, 0) is 20.8 Å². The van der Waals surface area contributed by atoms with E-state index in [0.29, 0.717) is 6.04 Å². The van der Waals surface area contributed by atoms with Gasteiger partial charge >= 0.3 is 0 Å². The maximum absolute atomic E-state index is 6.75. The fraction of sp³-hybridized carbons (Fsp3) is 0.667. The zero-order valence-electron chi connectivity index (χ0n) is 5.60. The van der Waals surface area contributed by atoms with Gasteiger partial charge in [0.25, 0.3) is 0 Å². The Morgan fingerprint density at radius 1 is 1.62 bits per heavy atom. The predicted octanol–water partition coefficient (Wildman–Crippen LogP) is 1.51. The second kappa shape index (κ2) is 3.36. The van der Waals surface area contributed by atoms with Crippen LogP contribution in [-0.4, -0.2) is 18.0 Å². The Hall–Kier alpha value is -0.660. The first-order valence-corrected chi connectivity index (χ1v) is 2.71. The Balaban J connectivity index is 3.74. The second-order valence-corrected chi connectivity index (χ2v) is 2.01. The molecule has 0 atom stereocenters. The van der Waals surface area contributed by atoms with Gasteiger partial charge in [0.1, 0.15) is 0 Å². The van der Waals surface area contributed by atoms with Crippen LogP contribution in [0.25, 0.3) is 0 Å². The Kier molecular flexibility index (Phi) is 3.08. The van der Waals surface area contributed by atoms with Gasteiger partial charge in [-0.3, -0.25) is 4.99 Å². The molecule has 0 radical (unpaired) electrons. The summed E-state index contributed by atoms with van der Waals surface area (Å²) in [6.45, 7) is 5.81. The van der Waals surface area contributed by atoms with E-state index in [2.05, 4.69) is 4.99 Å². The summed E-state index contributed by atoms with van der Waals surface area (Å²) in [4.78, 5) is 4.07. The van der Waals surface area contributed by atoms with Crippen LogP contribution in [0.15, 0.2) is 4.99 Å². The third-order valence-electron chi connectivity index (χ3n) is 0.671. The van der Waals surface area contributed by atoms with Crippen LogP contribution < -0.4 is 0 Å². The van der Waals surface area contributed by atoms with E-state index in [-0.39, 0.29) is 0 Å². The summed E-state index contributed by atoms with van der Waals surface area (Å²) >= 11 is 0. The molecule has 0 bridgehead atoms. The highest BCUT2D eigenvalue weighted by Crippen LogP contribution is 1.85. The number of nitrogens with one attached hydrogen (secondary N) is 1. The molecule has 0 fully saturated rings. The van der Waals surface area contributed by atoms with Crippen LogP contribution >= 0.6 is 0 Å². The van der Waals surface area contributed by atoms with Gasteiger partial charge in [0.2, 0.25) is 0 Å². The summed E-state index contributed by atoms with van der Waals surface area (Å²) in [5.41, 5.74) is 0.792. The third-order valence-corrected chi connectivity index (χ3v) is 0.671. The van der Waals surface area contributed by atoms with E-state index < -0.39 is 0 Å². The topological polar surface area (TPSA) is 36.2 Å². The predicted molar refractivity (Wildman–Crippen MR) is 37.0 cm³/mol. The van der Waals surface area contributed by atoms with E-state index in [0.717, 1.165) is 5.71 Å². The first-order chi connectivity index (χ1) is 3.66. The van der Waals surface area contributed by atoms with Gasteiger partial charge < -0.3 is 5.41 Å². The quantitative estimate of drug-likeness (QED) is 0.526. The molecule has 0 aliphatic rings. The maximum atomic E-state index is 6.75. The van der Waals surface area contributed by atoms with Crippen molar-refractivity contribution in [1.29, 1.82) is 5.41 Å². The molecule has 0 rings (SSSR count). The van der Waals surface area contributed by atoms with E-state index in [9.17, 15) is 0 Å². The van der Waals surface area contributed by atoms with Gasteiger partial charge in [0.05, 0.1) is 0 Å². The maximum Gasteiger partial charge on any atom is 0.0495 e. The molecule has 8 heavy (non-hydrogen) atoms. The van der Waals surface area contributed by atoms with Gasteiger partial charge in [-0.1, -0.05) is 0 Å². The van der Waals surface area contributed by atoms with Crippen molar-refractivity contribution < 1.29 is 0 Å². The lowest BCUT2D eigenvalue weighted by atomic mass is 10.4. The lowest BCUT2D eigenvalue weighted by Gasteiger charge is -1.94. The van der Waals surface area contributed by atoms with Crippen molar-refractivity contribution in [1.82, 2.24) is 0 Å². The molecule has 0 saturated carbocycles. The van der Waals surface area contributed by atoms with Crippen molar-refractivity contribution in [3.8, 4) is 0 Å². The van der Waals surface area contributed by atoms with Gasteiger partial charge in [-0.15, -0.1) is 0 Å². The minimum atomic E-state index is 0.316. The Morgan fingerprint density at radius 2 is 2.12 bits per heavy atom. The fourth-order valence-corrected chi connectivity index (χ4v) is 0.445. The van der Waals surface area contributed by atoms with Crippen LogP contribution in [0.5, 0.6) is 0 Å².